The number of aliphatic carboxylic acids is 1. The number of nitrogens with one attached hydrogen (secondary N) is 1. The molecule has 0 saturated carbocycles. The number of carboxylic acid groups (broad SMARTS) is 1. The van der Waals surface area contributed by atoms with Gasteiger partial charge in [-0.3, -0.25) is 4.79 Å². The number of rotatable bonds is 3. The minimum absolute atomic E-state index is 0.152. The molecule has 1 aliphatic carbocycles. The van der Waals surface area contributed by atoms with Crippen LogP contribution in [0.4, 0.5) is 4.39 Å². The largest absolute Gasteiger partial charge is 0.479 e. The molecule has 1 fully saturated rings. The summed E-state index contributed by atoms with van der Waals surface area (Å²) in [6.45, 7) is 0. The predicted molar refractivity (Wildman–Crippen MR) is 71.1 cm³/mol. The van der Waals surface area contributed by atoms with Gasteiger partial charge in [0.2, 0.25) is 5.91 Å². The first-order valence-corrected chi connectivity index (χ1v) is 7.01. The number of carboxylic acids is 1. The zero-order chi connectivity index (χ0) is 15.0. The zero-order valence-corrected chi connectivity index (χ0v) is 11.3. The van der Waals surface area contributed by atoms with Gasteiger partial charge in [0.05, 0.1) is 6.04 Å². The van der Waals surface area contributed by atoms with Crippen LogP contribution in [0.1, 0.15) is 36.4 Å². The standard InChI is InChI=1S/C15H16FNO4/c16-9-2-3-10-8(7-9)1-4-11(10)17-14(18)12-5-6-13(21-12)15(19)20/h2-3,7,11-13H,1,4-6H2,(H,17,18)(H,19,20)/t11?,12-,13+/m0/s1. The highest BCUT2D eigenvalue weighted by atomic mass is 19.1. The average molecular weight is 293 g/mol. The first-order valence-electron chi connectivity index (χ1n) is 7.01. The molecule has 21 heavy (non-hydrogen) atoms. The fourth-order valence-corrected chi connectivity index (χ4v) is 3.01. The summed E-state index contributed by atoms with van der Waals surface area (Å²) in [5.74, 6) is -1.60. The van der Waals surface area contributed by atoms with E-state index in [1.165, 1.54) is 12.1 Å². The SMILES string of the molecule is O=C(NC1CCc2cc(F)ccc21)[C@@H]1CC[C@H](C(=O)O)O1. The van der Waals surface area contributed by atoms with Crippen LogP contribution in [0.2, 0.25) is 0 Å². The fraction of sp³-hybridized carbons (Fsp3) is 0.467. The van der Waals surface area contributed by atoms with Crippen molar-refractivity contribution < 1.29 is 23.8 Å². The number of benzene rings is 1. The number of ether oxygens (including phenoxy) is 1. The Morgan fingerprint density at radius 2 is 2.00 bits per heavy atom. The molecular weight excluding hydrogens is 277 g/mol. The third-order valence-electron chi connectivity index (χ3n) is 4.09. The van der Waals surface area contributed by atoms with E-state index in [9.17, 15) is 14.0 Å². The van der Waals surface area contributed by atoms with Crippen LogP contribution in [0.25, 0.3) is 0 Å². The van der Waals surface area contributed by atoms with Gasteiger partial charge in [-0.05, 0) is 48.9 Å². The third kappa shape index (κ3) is 2.76. The maximum Gasteiger partial charge on any atom is 0.332 e. The summed E-state index contributed by atoms with van der Waals surface area (Å²) in [6.07, 6.45) is 0.591. The van der Waals surface area contributed by atoms with E-state index in [0.29, 0.717) is 12.8 Å². The number of halogens is 1. The molecule has 0 spiro atoms. The molecule has 1 aromatic rings. The van der Waals surface area contributed by atoms with Crippen molar-refractivity contribution in [1.29, 1.82) is 0 Å². The highest BCUT2D eigenvalue weighted by molar-refractivity contribution is 5.83. The van der Waals surface area contributed by atoms with E-state index in [0.717, 1.165) is 24.0 Å². The van der Waals surface area contributed by atoms with Gasteiger partial charge in [0.25, 0.3) is 0 Å². The van der Waals surface area contributed by atoms with Crippen LogP contribution in [-0.2, 0) is 20.7 Å². The lowest BCUT2D eigenvalue weighted by Crippen LogP contribution is -2.37. The quantitative estimate of drug-likeness (QED) is 0.887. The van der Waals surface area contributed by atoms with Crippen molar-refractivity contribution in [1.82, 2.24) is 5.32 Å². The number of aryl methyl sites for hydroxylation is 1. The van der Waals surface area contributed by atoms with Crippen LogP contribution >= 0.6 is 0 Å². The van der Waals surface area contributed by atoms with Gasteiger partial charge in [-0.1, -0.05) is 6.07 Å². The number of fused-ring (bicyclic) bond motifs is 1. The summed E-state index contributed by atoms with van der Waals surface area (Å²) in [5.41, 5.74) is 1.84. The molecular formula is C15H16FNO4. The fourth-order valence-electron chi connectivity index (χ4n) is 3.01. The van der Waals surface area contributed by atoms with Crippen molar-refractivity contribution in [3.8, 4) is 0 Å². The molecule has 1 amide bonds. The number of carbonyl (C=O) groups is 2. The van der Waals surface area contributed by atoms with Gasteiger partial charge in [0.15, 0.2) is 6.10 Å². The molecule has 0 bridgehead atoms. The number of amides is 1. The zero-order valence-electron chi connectivity index (χ0n) is 11.3. The molecule has 112 valence electrons. The minimum Gasteiger partial charge on any atom is -0.479 e. The molecule has 0 aromatic heterocycles. The Bertz CT molecular complexity index is 589. The minimum atomic E-state index is -1.04. The van der Waals surface area contributed by atoms with Crippen LogP contribution in [0.5, 0.6) is 0 Å². The second kappa shape index (κ2) is 5.44. The molecule has 6 heteroatoms. The van der Waals surface area contributed by atoms with Crippen molar-refractivity contribution in [3.05, 3.63) is 35.1 Å². The van der Waals surface area contributed by atoms with Crippen molar-refractivity contribution in [2.24, 2.45) is 0 Å². The monoisotopic (exact) mass is 293 g/mol. The number of hydrogen-bond donors (Lipinski definition) is 2. The Morgan fingerprint density at radius 3 is 2.71 bits per heavy atom. The number of hydrogen-bond acceptors (Lipinski definition) is 3. The van der Waals surface area contributed by atoms with Gasteiger partial charge >= 0.3 is 5.97 Å². The van der Waals surface area contributed by atoms with Gasteiger partial charge in [-0.15, -0.1) is 0 Å². The van der Waals surface area contributed by atoms with Gasteiger partial charge < -0.3 is 15.2 Å². The summed E-state index contributed by atoms with van der Waals surface area (Å²) < 4.78 is 18.4. The average Bonchev–Trinajstić information content (AvgIpc) is 3.06. The van der Waals surface area contributed by atoms with Crippen LogP contribution in [0.3, 0.4) is 0 Å². The third-order valence-corrected chi connectivity index (χ3v) is 4.09. The molecule has 1 unspecified atom stereocenters. The first kappa shape index (κ1) is 14.0. The van der Waals surface area contributed by atoms with Gasteiger partial charge in [0.1, 0.15) is 11.9 Å². The maximum atomic E-state index is 13.2. The molecule has 1 aromatic carbocycles. The highest BCUT2D eigenvalue weighted by Gasteiger charge is 2.36. The lowest BCUT2D eigenvalue weighted by Gasteiger charge is -2.17. The van der Waals surface area contributed by atoms with Gasteiger partial charge in [-0.2, -0.15) is 0 Å². The molecule has 3 rings (SSSR count). The second-order valence-corrected chi connectivity index (χ2v) is 5.47. The summed E-state index contributed by atoms with van der Waals surface area (Å²) in [4.78, 5) is 23.0. The van der Waals surface area contributed by atoms with E-state index in [-0.39, 0.29) is 17.8 Å². The second-order valence-electron chi connectivity index (χ2n) is 5.47. The maximum absolute atomic E-state index is 13.2. The van der Waals surface area contributed by atoms with Crippen LogP contribution in [0.15, 0.2) is 18.2 Å². The summed E-state index contributed by atoms with van der Waals surface area (Å²) in [5, 5.41) is 11.7. The van der Waals surface area contributed by atoms with E-state index in [2.05, 4.69) is 5.32 Å². The first-order chi connectivity index (χ1) is 10.0. The summed E-state index contributed by atoms with van der Waals surface area (Å²) >= 11 is 0. The van der Waals surface area contributed by atoms with E-state index < -0.39 is 18.2 Å². The summed E-state index contributed by atoms with van der Waals surface area (Å²) in [6, 6.07) is 4.42. The van der Waals surface area contributed by atoms with Gasteiger partial charge in [0, 0.05) is 0 Å². The molecule has 2 aliphatic rings. The summed E-state index contributed by atoms with van der Waals surface area (Å²) in [7, 11) is 0. The molecule has 2 N–H and O–H groups in total. The van der Waals surface area contributed by atoms with E-state index in [1.807, 2.05) is 0 Å². The predicted octanol–water partition coefficient (Wildman–Crippen LogP) is 1.56. The Hall–Kier alpha value is -1.95. The van der Waals surface area contributed by atoms with Crippen molar-refractivity contribution in [2.45, 2.75) is 43.9 Å². The molecule has 1 heterocycles. The van der Waals surface area contributed by atoms with Crippen LogP contribution in [-0.4, -0.2) is 29.2 Å². The normalized spacial score (nSPS) is 27.4. The Kier molecular flexibility index (Phi) is 3.63. The Morgan fingerprint density at radius 1 is 1.24 bits per heavy atom. The van der Waals surface area contributed by atoms with E-state index in [1.54, 1.807) is 6.07 Å². The van der Waals surface area contributed by atoms with E-state index in [4.69, 9.17) is 9.84 Å². The van der Waals surface area contributed by atoms with Gasteiger partial charge in [-0.25, -0.2) is 9.18 Å². The van der Waals surface area contributed by atoms with Crippen molar-refractivity contribution >= 4 is 11.9 Å². The number of carbonyl (C=O) groups excluding carboxylic acids is 1. The molecule has 1 aliphatic heterocycles. The lowest BCUT2D eigenvalue weighted by atomic mass is 10.1. The molecule has 5 nitrogen and oxygen atoms in total. The van der Waals surface area contributed by atoms with Crippen molar-refractivity contribution in [2.75, 3.05) is 0 Å². The lowest BCUT2D eigenvalue weighted by molar-refractivity contribution is -0.151. The molecule has 3 atom stereocenters. The van der Waals surface area contributed by atoms with E-state index >= 15 is 0 Å². The Balaban J connectivity index is 1.64. The van der Waals surface area contributed by atoms with Crippen LogP contribution in [0, 0.1) is 5.82 Å². The molecule has 0 radical (unpaired) electrons. The highest BCUT2D eigenvalue weighted by Crippen LogP contribution is 2.32. The molecule has 1 saturated heterocycles. The van der Waals surface area contributed by atoms with Crippen LogP contribution < -0.4 is 5.32 Å². The topological polar surface area (TPSA) is 75.6 Å². The van der Waals surface area contributed by atoms with Crippen molar-refractivity contribution in [3.63, 3.8) is 0 Å². The smallest absolute Gasteiger partial charge is 0.332 e. The Labute approximate surface area is 121 Å².